The molecule has 0 aliphatic carbocycles. The Labute approximate surface area is 170 Å². The minimum absolute atomic E-state index is 0.0114. The van der Waals surface area contributed by atoms with Crippen LogP contribution in [-0.2, 0) is 9.59 Å². The fourth-order valence-corrected chi connectivity index (χ4v) is 3.72. The fraction of sp³-hybridized carbons (Fsp3) is 0.200. The summed E-state index contributed by atoms with van der Waals surface area (Å²) in [4.78, 5) is 26.9. The van der Waals surface area contributed by atoms with Crippen molar-refractivity contribution in [2.24, 2.45) is 5.92 Å². The minimum atomic E-state index is -0.442. The summed E-state index contributed by atoms with van der Waals surface area (Å²) in [7, 11) is 0. The van der Waals surface area contributed by atoms with E-state index in [9.17, 15) is 9.59 Å². The number of carbonyl (C=O) groups is 2. The lowest BCUT2D eigenvalue weighted by Gasteiger charge is -2.25. The van der Waals surface area contributed by atoms with Crippen LogP contribution in [-0.4, -0.2) is 23.3 Å². The Morgan fingerprint density at radius 1 is 0.897 bits per heavy atom. The minimum Gasteiger partial charge on any atom is -0.426 e. The zero-order valence-electron chi connectivity index (χ0n) is 16.3. The van der Waals surface area contributed by atoms with Gasteiger partial charge in [-0.05, 0) is 35.7 Å². The van der Waals surface area contributed by atoms with Gasteiger partial charge in [0.05, 0.1) is 12.0 Å². The molecule has 1 aliphatic heterocycles. The fourth-order valence-electron chi connectivity index (χ4n) is 3.72. The molecule has 1 heterocycles. The molecule has 1 fully saturated rings. The van der Waals surface area contributed by atoms with Crippen molar-refractivity contribution in [3.05, 3.63) is 90.5 Å². The highest BCUT2D eigenvalue weighted by atomic mass is 16.5. The van der Waals surface area contributed by atoms with Crippen molar-refractivity contribution in [3.63, 3.8) is 0 Å². The third kappa shape index (κ3) is 4.21. The van der Waals surface area contributed by atoms with Crippen molar-refractivity contribution in [1.29, 1.82) is 0 Å². The molecule has 0 radical (unpaired) electrons. The molecule has 4 nitrogen and oxygen atoms in total. The van der Waals surface area contributed by atoms with E-state index in [1.54, 1.807) is 17.0 Å². The molecule has 0 bridgehead atoms. The van der Waals surface area contributed by atoms with Crippen molar-refractivity contribution in [2.75, 3.05) is 6.54 Å². The van der Waals surface area contributed by atoms with Crippen molar-refractivity contribution in [1.82, 2.24) is 4.90 Å². The van der Waals surface area contributed by atoms with Crippen LogP contribution in [0.2, 0.25) is 0 Å². The Bertz CT molecular complexity index is 984. The van der Waals surface area contributed by atoms with Crippen LogP contribution < -0.4 is 4.74 Å². The van der Waals surface area contributed by atoms with Crippen LogP contribution in [0.4, 0.5) is 0 Å². The molecule has 2 atom stereocenters. The van der Waals surface area contributed by atoms with Gasteiger partial charge in [0.25, 0.3) is 0 Å². The highest BCUT2D eigenvalue weighted by Crippen LogP contribution is 2.30. The maximum Gasteiger partial charge on any atom is 0.316 e. The molecule has 4 heteroatoms. The maximum absolute atomic E-state index is 12.6. The monoisotopic (exact) mass is 385 g/mol. The quantitative estimate of drug-likeness (QED) is 0.465. The van der Waals surface area contributed by atoms with Crippen molar-refractivity contribution in [3.8, 4) is 16.9 Å². The zero-order valence-corrected chi connectivity index (χ0v) is 16.3. The number of esters is 1. The Morgan fingerprint density at radius 3 is 2.14 bits per heavy atom. The Morgan fingerprint density at radius 2 is 1.48 bits per heavy atom. The van der Waals surface area contributed by atoms with Crippen molar-refractivity contribution in [2.45, 2.75) is 19.4 Å². The van der Waals surface area contributed by atoms with Gasteiger partial charge in [0.1, 0.15) is 5.75 Å². The number of hydrogen-bond acceptors (Lipinski definition) is 3. The van der Waals surface area contributed by atoms with E-state index in [0.717, 1.165) is 16.7 Å². The second kappa shape index (κ2) is 8.31. The number of amides is 1. The smallest absolute Gasteiger partial charge is 0.316 e. The first-order valence-electron chi connectivity index (χ1n) is 9.83. The SMILES string of the molecule is C[C@H](c1ccccc1)N1C[C@@H](C(=O)Oc2ccc(-c3ccccc3)cc2)CC1=O. The van der Waals surface area contributed by atoms with E-state index >= 15 is 0 Å². The molecule has 0 aromatic heterocycles. The van der Waals surface area contributed by atoms with E-state index in [4.69, 9.17) is 4.74 Å². The molecule has 1 saturated heterocycles. The molecule has 0 N–H and O–H groups in total. The predicted molar refractivity (Wildman–Crippen MR) is 112 cm³/mol. The van der Waals surface area contributed by atoms with E-state index in [0.29, 0.717) is 12.3 Å². The number of nitrogens with zero attached hydrogens (tertiary/aromatic N) is 1. The Kier molecular flexibility index (Phi) is 5.43. The lowest BCUT2D eigenvalue weighted by Crippen LogP contribution is -2.30. The van der Waals surface area contributed by atoms with Gasteiger partial charge in [0.15, 0.2) is 0 Å². The molecule has 0 unspecified atom stereocenters. The molecular weight excluding hydrogens is 362 g/mol. The van der Waals surface area contributed by atoms with Gasteiger partial charge in [-0.2, -0.15) is 0 Å². The van der Waals surface area contributed by atoms with Gasteiger partial charge in [-0.1, -0.05) is 72.8 Å². The highest BCUT2D eigenvalue weighted by Gasteiger charge is 2.38. The normalized spacial score (nSPS) is 17.2. The zero-order chi connectivity index (χ0) is 20.2. The van der Waals surface area contributed by atoms with Crippen LogP contribution in [0.1, 0.15) is 24.9 Å². The number of rotatable bonds is 5. The largest absolute Gasteiger partial charge is 0.426 e. The first kappa shape index (κ1) is 18.9. The van der Waals surface area contributed by atoms with Crippen LogP contribution >= 0.6 is 0 Å². The van der Waals surface area contributed by atoms with E-state index in [1.807, 2.05) is 79.7 Å². The molecule has 1 aliphatic rings. The first-order valence-corrected chi connectivity index (χ1v) is 9.83. The van der Waals surface area contributed by atoms with Gasteiger partial charge in [0.2, 0.25) is 5.91 Å². The van der Waals surface area contributed by atoms with Gasteiger partial charge in [0, 0.05) is 13.0 Å². The average molecular weight is 385 g/mol. The molecular formula is C25H23NO3. The molecule has 0 spiro atoms. The summed E-state index contributed by atoms with van der Waals surface area (Å²) in [6.07, 6.45) is 0.193. The molecule has 4 rings (SSSR count). The molecule has 29 heavy (non-hydrogen) atoms. The number of hydrogen-bond donors (Lipinski definition) is 0. The van der Waals surface area contributed by atoms with Gasteiger partial charge in [-0.25, -0.2) is 0 Å². The lowest BCUT2D eigenvalue weighted by molar-refractivity contribution is -0.139. The number of benzene rings is 3. The maximum atomic E-state index is 12.6. The van der Waals surface area contributed by atoms with E-state index in [-0.39, 0.29) is 24.3 Å². The van der Waals surface area contributed by atoms with Crippen LogP contribution in [0, 0.1) is 5.92 Å². The van der Waals surface area contributed by atoms with E-state index in [2.05, 4.69) is 0 Å². The summed E-state index contributed by atoms with van der Waals surface area (Å²) in [6.45, 7) is 2.37. The van der Waals surface area contributed by atoms with Crippen LogP contribution in [0.25, 0.3) is 11.1 Å². The van der Waals surface area contributed by atoms with Crippen LogP contribution in [0.5, 0.6) is 5.75 Å². The topological polar surface area (TPSA) is 46.6 Å². The third-order valence-electron chi connectivity index (χ3n) is 5.42. The summed E-state index contributed by atoms with van der Waals surface area (Å²) < 4.78 is 5.55. The van der Waals surface area contributed by atoms with Crippen molar-refractivity contribution >= 4 is 11.9 Å². The van der Waals surface area contributed by atoms with Crippen LogP contribution in [0.3, 0.4) is 0 Å². The standard InChI is InChI=1S/C25H23NO3/c1-18(19-8-4-2-5-9-19)26-17-22(16-24(26)27)25(28)29-23-14-12-21(13-15-23)20-10-6-3-7-11-20/h2-15,18,22H,16-17H2,1H3/t18-,22+/m1/s1. The summed E-state index contributed by atoms with van der Waals surface area (Å²) >= 11 is 0. The van der Waals surface area contributed by atoms with Crippen LogP contribution in [0.15, 0.2) is 84.9 Å². The first-order chi connectivity index (χ1) is 14.1. The summed E-state index contributed by atoms with van der Waals surface area (Å²) in [5, 5.41) is 0. The lowest BCUT2D eigenvalue weighted by atomic mass is 10.1. The molecule has 0 saturated carbocycles. The number of carbonyl (C=O) groups excluding carboxylic acids is 2. The third-order valence-corrected chi connectivity index (χ3v) is 5.42. The predicted octanol–water partition coefficient (Wildman–Crippen LogP) is 4.87. The van der Waals surface area contributed by atoms with E-state index in [1.165, 1.54) is 0 Å². The molecule has 1 amide bonds. The Balaban J connectivity index is 1.40. The average Bonchev–Trinajstić information content (AvgIpc) is 3.17. The van der Waals surface area contributed by atoms with Gasteiger partial charge in [-0.3, -0.25) is 9.59 Å². The van der Waals surface area contributed by atoms with E-state index < -0.39 is 5.92 Å². The van der Waals surface area contributed by atoms with Gasteiger partial charge in [-0.15, -0.1) is 0 Å². The Hall–Kier alpha value is -3.40. The number of ether oxygens (including phenoxy) is 1. The molecule has 3 aromatic carbocycles. The van der Waals surface area contributed by atoms with Crippen molar-refractivity contribution < 1.29 is 14.3 Å². The summed E-state index contributed by atoms with van der Waals surface area (Å²) in [6, 6.07) is 27.3. The second-order valence-electron chi connectivity index (χ2n) is 7.35. The molecule has 3 aromatic rings. The van der Waals surface area contributed by atoms with Gasteiger partial charge >= 0.3 is 5.97 Å². The molecule has 146 valence electrons. The van der Waals surface area contributed by atoms with Gasteiger partial charge < -0.3 is 9.64 Å². The summed E-state index contributed by atoms with van der Waals surface area (Å²) in [5.41, 5.74) is 3.23. The number of likely N-dealkylation sites (tertiary alicyclic amines) is 1. The second-order valence-corrected chi connectivity index (χ2v) is 7.35. The summed E-state index contributed by atoms with van der Waals surface area (Å²) in [5.74, 6) is -0.310. The highest BCUT2D eigenvalue weighted by molar-refractivity contribution is 5.88.